The molecule has 0 aliphatic heterocycles. The largest absolute Gasteiger partial charge is 0.494 e. The Kier molecular flexibility index (Phi) is 10.6. The Morgan fingerprint density at radius 2 is 1.55 bits per heavy atom. The molecule has 3 heteroatoms. The van der Waals surface area contributed by atoms with Crippen LogP contribution in [0.4, 0.5) is 5.69 Å². The minimum atomic E-state index is 0.666. The van der Waals surface area contributed by atoms with Crippen LogP contribution in [0.2, 0.25) is 0 Å². The first-order valence-electron chi connectivity index (χ1n) is 13.0. The van der Waals surface area contributed by atoms with E-state index in [2.05, 4.69) is 29.2 Å². The van der Waals surface area contributed by atoms with Gasteiger partial charge in [0.1, 0.15) is 11.4 Å². The highest BCUT2D eigenvalue weighted by Gasteiger charge is 2.31. The zero-order valence-corrected chi connectivity index (χ0v) is 20.7. The Morgan fingerprint density at radius 1 is 0.903 bits per heavy atom. The fourth-order valence-electron chi connectivity index (χ4n) is 6.18. The molecule has 2 saturated carbocycles. The molecule has 1 aromatic rings. The number of methoxy groups -OCH3 is 1. The standard InChI is InChI=1S/C28H43NOS/c1-3-4-5-6-7-8-9-22-10-12-23(13-11-22)24-14-16-25(17-15-24)26-18-19-27(29-21-31)28(20-26)30-2/h18-20,22-25H,3-17H2,1-2H3/t22-,23-,24-,25-. The van der Waals surface area contributed by atoms with Crippen LogP contribution in [-0.2, 0) is 0 Å². The maximum absolute atomic E-state index is 5.53. The molecular formula is C28H43NOS. The smallest absolute Gasteiger partial charge is 0.145 e. The first-order chi connectivity index (χ1) is 15.2. The van der Waals surface area contributed by atoms with Crippen molar-refractivity contribution in [3.05, 3.63) is 23.8 Å². The van der Waals surface area contributed by atoms with Crippen molar-refractivity contribution in [2.24, 2.45) is 22.7 Å². The van der Waals surface area contributed by atoms with E-state index in [1.54, 1.807) is 7.11 Å². The van der Waals surface area contributed by atoms with E-state index >= 15 is 0 Å². The van der Waals surface area contributed by atoms with Crippen molar-refractivity contribution in [3.63, 3.8) is 0 Å². The van der Waals surface area contributed by atoms with Crippen molar-refractivity contribution >= 4 is 23.1 Å². The molecule has 2 aliphatic carbocycles. The Balaban J connectivity index is 1.38. The Hall–Kier alpha value is -1.18. The lowest BCUT2D eigenvalue weighted by molar-refractivity contribution is 0.155. The number of hydrogen-bond acceptors (Lipinski definition) is 3. The molecule has 172 valence electrons. The maximum atomic E-state index is 5.53. The second-order valence-corrected chi connectivity index (χ2v) is 10.3. The Labute approximate surface area is 196 Å². The lowest BCUT2D eigenvalue weighted by atomic mass is 9.68. The monoisotopic (exact) mass is 441 g/mol. The molecule has 1 aromatic carbocycles. The summed E-state index contributed by atoms with van der Waals surface area (Å²) < 4.78 is 5.53. The van der Waals surface area contributed by atoms with Gasteiger partial charge in [0.15, 0.2) is 0 Å². The molecule has 0 N–H and O–H groups in total. The van der Waals surface area contributed by atoms with Gasteiger partial charge in [-0.2, -0.15) is 4.99 Å². The van der Waals surface area contributed by atoms with Crippen molar-refractivity contribution < 1.29 is 4.74 Å². The van der Waals surface area contributed by atoms with Crippen molar-refractivity contribution in [2.75, 3.05) is 7.11 Å². The van der Waals surface area contributed by atoms with Crippen LogP contribution in [0.5, 0.6) is 5.75 Å². The number of benzene rings is 1. The van der Waals surface area contributed by atoms with Crippen LogP contribution in [0.25, 0.3) is 0 Å². The lowest BCUT2D eigenvalue weighted by Crippen LogP contribution is -2.25. The Bertz CT molecular complexity index is 695. The van der Waals surface area contributed by atoms with E-state index in [4.69, 9.17) is 17.0 Å². The number of ether oxygens (including phenoxy) is 1. The van der Waals surface area contributed by atoms with Crippen LogP contribution in [0.1, 0.15) is 115 Å². The van der Waals surface area contributed by atoms with Gasteiger partial charge in [-0.05, 0) is 92.1 Å². The SMILES string of the molecule is CCCCCCCC[C@H]1CC[C@H]([C@H]2CC[C@H](c3ccc(N=C=S)c(OC)c3)CC2)CC1. The molecule has 0 saturated heterocycles. The minimum absolute atomic E-state index is 0.666. The van der Waals surface area contributed by atoms with E-state index in [9.17, 15) is 0 Å². The average molecular weight is 442 g/mol. The molecule has 0 spiro atoms. The van der Waals surface area contributed by atoms with Gasteiger partial charge >= 0.3 is 0 Å². The zero-order chi connectivity index (χ0) is 21.9. The third-order valence-corrected chi connectivity index (χ3v) is 8.23. The zero-order valence-electron chi connectivity index (χ0n) is 19.9. The predicted octanol–water partition coefficient (Wildman–Crippen LogP) is 9.26. The van der Waals surface area contributed by atoms with Gasteiger partial charge < -0.3 is 4.74 Å². The number of isothiocyanates is 1. The summed E-state index contributed by atoms with van der Waals surface area (Å²) in [5.74, 6) is 4.47. The van der Waals surface area contributed by atoms with E-state index in [0.717, 1.165) is 29.2 Å². The number of rotatable bonds is 11. The summed E-state index contributed by atoms with van der Waals surface area (Å²) in [5, 5.41) is 2.45. The summed E-state index contributed by atoms with van der Waals surface area (Å²) in [4.78, 5) is 4.12. The first-order valence-corrected chi connectivity index (χ1v) is 13.4. The normalized spacial score (nSPS) is 26.3. The van der Waals surface area contributed by atoms with Crippen molar-refractivity contribution in [2.45, 2.75) is 109 Å². The van der Waals surface area contributed by atoms with Gasteiger partial charge in [-0.15, -0.1) is 0 Å². The number of nitrogens with zero attached hydrogens (tertiary/aromatic N) is 1. The summed E-state index contributed by atoms with van der Waals surface area (Å²) >= 11 is 4.75. The molecule has 0 aromatic heterocycles. The lowest BCUT2D eigenvalue weighted by Gasteiger charge is -2.38. The minimum Gasteiger partial charge on any atom is -0.494 e. The van der Waals surface area contributed by atoms with Gasteiger partial charge in [-0.3, -0.25) is 0 Å². The molecule has 0 radical (unpaired) electrons. The fourth-order valence-corrected chi connectivity index (χ4v) is 6.27. The second kappa shape index (κ2) is 13.4. The molecule has 0 amide bonds. The summed E-state index contributed by atoms with van der Waals surface area (Å²) in [6.07, 6.45) is 21.6. The molecule has 2 aliphatic rings. The van der Waals surface area contributed by atoms with Gasteiger partial charge in [0.2, 0.25) is 0 Å². The average Bonchev–Trinajstić information content (AvgIpc) is 2.82. The molecule has 0 bridgehead atoms. The highest BCUT2D eigenvalue weighted by atomic mass is 32.1. The summed E-state index contributed by atoms with van der Waals surface area (Å²) in [6.45, 7) is 2.30. The van der Waals surface area contributed by atoms with Crippen LogP contribution in [0, 0.1) is 17.8 Å². The van der Waals surface area contributed by atoms with Crippen molar-refractivity contribution in [1.29, 1.82) is 0 Å². The van der Waals surface area contributed by atoms with E-state index in [1.165, 1.54) is 102 Å². The fraction of sp³-hybridized carbons (Fsp3) is 0.750. The predicted molar refractivity (Wildman–Crippen MR) is 136 cm³/mol. The van der Waals surface area contributed by atoms with Gasteiger partial charge in [-0.25, -0.2) is 0 Å². The topological polar surface area (TPSA) is 21.6 Å². The summed E-state index contributed by atoms with van der Waals surface area (Å²) in [5.41, 5.74) is 2.19. The highest BCUT2D eigenvalue weighted by Crippen LogP contribution is 2.45. The van der Waals surface area contributed by atoms with E-state index < -0.39 is 0 Å². The summed E-state index contributed by atoms with van der Waals surface area (Å²) in [6, 6.07) is 6.42. The van der Waals surface area contributed by atoms with Gasteiger partial charge in [0.05, 0.1) is 12.3 Å². The molecule has 3 rings (SSSR count). The third kappa shape index (κ3) is 7.43. The van der Waals surface area contributed by atoms with Crippen LogP contribution in [0.3, 0.4) is 0 Å². The van der Waals surface area contributed by atoms with E-state index in [1.807, 2.05) is 6.07 Å². The van der Waals surface area contributed by atoms with Crippen molar-refractivity contribution in [1.82, 2.24) is 0 Å². The molecule has 0 unspecified atom stereocenters. The van der Waals surface area contributed by atoms with Gasteiger partial charge in [-0.1, -0.05) is 70.8 Å². The summed E-state index contributed by atoms with van der Waals surface area (Å²) in [7, 11) is 1.71. The maximum Gasteiger partial charge on any atom is 0.145 e. The van der Waals surface area contributed by atoms with Crippen LogP contribution < -0.4 is 4.74 Å². The number of thiocarbonyl (C=S) groups is 1. The van der Waals surface area contributed by atoms with Crippen molar-refractivity contribution in [3.8, 4) is 5.75 Å². The van der Waals surface area contributed by atoms with E-state index in [0.29, 0.717) is 5.92 Å². The molecule has 31 heavy (non-hydrogen) atoms. The van der Waals surface area contributed by atoms with Crippen LogP contribution >= 0.6 is 12.2 Å². The molecule has 0 heterocycles. The third-order valence-electron chi connectivity index (χ3n) is 8.14. The van der Waals surface area contributed by atoms with Gasteiger partial charge in [0.25, 0.3) is 0 Å². The van der Waals surface area contributed by atoms with E-state index in [-0.39, 0.29) is 0 Å². The molecular weight excluding hydrogens is 398 g/mol. The number of hydrogen-bond donors (Lipinski definition) is 0. The number of unbranched alkanes of at least 4 members (excludes halogenated alkanes) is 5. The first kappa shape index (κ1) is 24.5. The molecule has 2 fully saturated rings. The molecule has 2 nitrogen and oxygen atoms in total. The van der Waals surface area contributed by atoms with Crippen LogP contribution in [-0.4, -0.2) is 12.3 Å². The quantitative estimate of drug-likeness (QED) is 0.194. The second-order valence-electron chi connectivity index (χ2n) is 10.1. The Morgan fingerprint density at radius 3 is 2.19 bits per heavy atom. The highest BCUT2D eigenvalue weighted by molar-refractivity contribution is 7.78. The van der Waals surface area contributed by atoms with Gasteiger partial charge in [0, 0.05) is 0 Å². The molecule has 0 atom stereocenters. The van der Waals surface area contributed by atoms with Crippen LogP contribution in [0.15, 0.2) is 23.2 Å². The number of aliphatic imine (C=N–C) groups is 1.